The predicted molar refractivity (Wildman–Crippen MR) is 81.1 cm³/mol. The number of ether oxygens (including phenoxy) is 1. The minimum atomic E-state index is -0.424. The first-order chi connectivity index (χ1) is 10.1. The third-order valence-corrected chi connectivity index (χ3v) is 3.30. The summed E-state index contributed by atoms with van der Waals surface area (Å²) >= 11 is 0. The van der Waals surface area contributed by atoms with Gasteiger partial charge in [0.15, 0.2) is 11.6 Å². The van der Waals surface area contributed by atoms with Gasteiger partial charge in [0.2, 0.25) is 5.91 Å². The third-order valence-electron chi connectivity index (χ3n) is 3.30. The van der Waals surface area contributed by atoms with Crippen molar-refractivity contribution in [3.63, 3.8) is 0 Å². The van der Waals surface area contributed by atoms with E-state index in [0.717, 1.165) is 16.8 Å². The van der Waals surface area contributed by atoms with Gasteiger partial charge in [-0.05, 0) is 43.2 Å². The van der Waals surface area contributed by atoms with Crippen molar-refractivity contribution in [3.05, 3.63) is 59.4 Å². The first-order valence-electron chi connectivity index (χ1n) is 6.81. The Labute approximate surface area is 123 Å². The molecular formula is C17H18FNO2. The largest absolute Gasteiger partial charge is 0.490 e. The van der Waals surface area contributed by atoms with Crippen LogP contribution in [0.3, 0.4) is 0 Å². The normalized spacial score (nSPS) is 10.2. The molecule has 2 rings (SSSR count). The van der Waals surface area contributed by atoms with Crippen LogP contribution in [0, 0.1) is 19.7 Å². The van der Waals surface area contributed by atoms with Crippen molar-refractivity contribution in [2.75, 3.05) is 11.9 Å². The molecule has 110 valence electrons. The van der Waals surface area contributed by atoms with Gasteiger partial charge in [-0.1, -0.05) is 24.3 Å². The molecule has 21 heavy (non-hydrogen) atoms. The highest BCUT2D eigenvalue weighted by Crippen LogP contribution is 2.18. The van der Waals surface area contributed by atoms with Gasteiger partial charge in [-0.15, -0.1) is 0 Å². The molecule has 1 amide bonds. The van der Waals surface area contributed by atoms with Crippen LogP contribution in [0.5, 0.6) is 5.75 Å². The number of nitrogens with one attached hydrogen (secondary N) is 1. The lowest BCUT2D eigenvalue weighted by molar-refractivity contribution is -0.116. The minimum Gasteiger partial charge on any atom is -0.490 e. The summed E-state index contributed by atoms with van der Waals surface area (Å²) in [5.41, 5.74) is 2.96. The molecule has 0 unspecified atom stereocenters. The molecule has 0 aliphatic carbocycles. The van der Waals surface area contributed by atoms with Gasteiger partial charge in [-0.2, -0.15) is 0 Å². The topological polar surface area (TPSA) is 38.3 Å². The van der Waals surface area contributed by atoms with E-state index in [4.69, 9.17) is 4.74 Å². The molecule has 0 bridgehead atoms. The summed E-state index contributed by atoms with van der Waals surface area (Å²) in [4.78, 5) is 11.9. The van der Waals surface area contributed by atoms with Crippen LogP contribution in [0.25, 0.3) is 0 Å². The Kier molecular flexibility index (Phi) is 4.93. The van der Waals surface area contributed by atoms with Crippen LogP contribution in [0.1, 0.15) is 17.5 Å². The molecule has 0 spiro atoms. The highest BCUT2D eigenvalue weighted by atomic mass is 19.1. The van der Waals surface area contributed by atoms with E-state index in [2.05, 4.69) is 5.32 Å². The number of carbonyl (C=O) groups is 1. The molecule has 1 N–H and O–H groups in total. The predicted octanol–water partition coefficient (Wildman–Crippen LogP) is 3.85. The molecule has 4 heteroatoms. The van der Waals surface area contributed by atoms with E-state index >= 15 is 0 Å². The summed E-state index contributed by atoms with van der Waals surface area (Å²) in [5, 5.41) is 2.84. The number of hydrogen-bond acceptors (Lipinski definition) is 2. The van der Waals surface area contributed by atoms with Crippen LogP contribution < -0.4 is 10.1 Å². The van der Waals surface area contributed by atoms with Gasteiger partial charge in [0.1, 0.15) is 0 Å². The fourth-order valence-electron chi connectivity index (χ4n) is 1.91. The monoisotopic (exact) mass is 287 g/mol. The molecule has 2 aromatic carbocycles. The van der Waals surface area contributed by atoms with Crippen molar-refractivity contribution in [1.82, 2.24) is 0 Å². The Morgan fingerprint density at radius 3 is 2.67 bits per heavy atom. The summed E-state index contributed by atoms with van der Waals surface area (Å²) in [6.45, 7) is 4.09. The van der Waals surface area contributed by atoms with Gasteiger partial charge >= 0.3 is 0 Å². The third kappa shape index (κ3) is 4.05. The molecule has 0 aliphatic heterocycles. The first-order valence-corrected chi connectivity index (χ1v) is 6.81. The van der Waals surface area contributed by atoms with Crippen LogP contribution in [0.4, 0.5) is 10.1 Å². The number of halogens is 1. The average molecular weight is 287 g/mol. The molecular weight excluding hydrogens is 269 g/mol. The number of benzene rings is 2. The smallest absolute Gasteiger partial charge is 0.227 e. The molecule has 3 nitrogen and oxygen atoms in total. The Hall–Kier alpha value is -2.36. The van der Waals surface area contributed by atoms with Crippen molar-refractivity contribution >= 4 is 11.6 Å². The maximum atomic E-state index is 13.3. The van der Waals surface area contributed by atoms with Gasteiger partial charge in [-0.3, -0.25) is 4.79 Å². The maximum absolute atomic E-state index is 13.3. The molecule has 0 saturated heterocycles. The number of anilines is 1. The summed E-state index contributed by atoms with van der Waals surface area (Å²) in [5.74, 6) is -0.412. The standard InChI is InChI=1S/C17H18FNO2/c1-12-6-5-8-15(13(12)2)19-17(20)10-11-21-16-9-4-3-7-14(16)18/h3-9H,10-11H2,1-2H3,(H,19,20). The second kappa shape index (κ2) is 6.88. The highest BCUT2D eigenvalue weighted by molar-refractivity contribution is 5.91. The molecule has 0 aliphatic rings. The number of carbonyl (C=O) groups excluding carboxylic acids is 1. The quantitative estimate of drug-likeness (QED) is 0.907. The molecule has 0 radical (unpaired) electrons. The van der Waals surface area contributed by atoms with E-state index < -0.39 is 5.82 Å². The lowest BCUT2D eigenvalue weighted by Crippen LogP contribution is -2.16. The zero-order valence-corrected chi connectivity index (χ0v) is 12.2. The molecule has 0 aromatic heterocycles. The van der Waals surface area contributed by atoms with Crippen LogP contribution in [0.15, 0.2) is 42.5 Å². The Morgan fingerprint density at radius 1 is 1.14 bits per heavy atom. The maximum Gasteiger partial charge on any atom is 0.227 e. The summed E-state index contributed by atoms with van der Waals surface area (Å²) < 4.78 is 18.6. The number of aryl methyl sites for hydroxylation is 1. The Morgan fingerprint density at radius 2 is 1.90 bits per heavy atom. The number of amides is 1. The summed E-state index contributed by atoms with van der Waals surface area (Å²) in [7, 11) is 0. The van der Waals surface area contributed by atoms with Crippen LogP contribution in [-0.2, 0) is 4.79 Å². The number of hydrogen-bond donors (Lipinski definition) is 1. The van der Waals surface area contributed by atoms with Gasteiger partial charge in [0.25, 0.3) is 0 Å². The van der Waals surface area contributed by atoms with E-state index in [-0.39, 0.29) is 24.7 Å². The SMILES string of the molecule is Cc1cccc(NC(=O)CCOc2ccccc2F)c1C. The van der Waals surface area contributed by atoms with E-state index in [0.29, 0.717) is 0 Å². The van der Waals surface area contributed by atoms with Crippen molar-refractivity contribution < 1.29 is 13.9 Å². The van der Waals surface area contributed by atoms with Crippen molar-refractivity contribution in [2.45, 2.75) is 20.3 Å². The van der Waals surface area contributed by atoms with Gasteiger partial charge in [-0.25, -0.2) is 4.39 Å². The molecule has 2 aromatic rings. The fraction of sp³-hybridized carbons (Fsp3) is 0.235. The molecule has 0 saturated carbocycles. The van der Waals surface area contributed by atoms with Crippen LogP contribution in [-0.4, -0.2) is 12.5 Å². The van der Waals surface area contributed by atoms with Gasteiger partial charge in [0.05, 0.1) is 13.0 Å². The molecule has 0 atom stereocenters. The molecule has 0 heterocycles. The minimum absolute atomic E-state index is 0.137. The molecule has 0 fully saturated rings. The zero-order chi connectivity index (χ0) is 15.2. The van der Waals surface area contributed by atoms with Crippen molar-refractivity contribution in [2.24, 2.45) is 0 Å². The Balaban J connectivity index is 1.85. The van der Waals surface area contributed by atoms with Crippen molar-refractivity contribution in [1.29, 1.82) is 0 Å². The first kappa shape index (κ1) is 15.0. The van der Waals surface area contributed by atoms with Crippen molar-refractivity contribution in [3.8, 4) is 5.75 Å². The second-order valence-corrected chi connectivity index (χ2v) is 4.82. The number of para-hydroxylation sites is 1. The summed E-state index contributed by atoms with van der Waals surface area (Å²) in [6, 6.07) is 11.9. The highest BCUT2D eigenvalue weighted by Gasteiger charge is 2.07. The Bertz CT molecular complexity index is 640. The van der Waals surface area contributed by atoms with Gasteiger partial charge < -0.3 is 10.1 Å². The van der Waals surface area contributed by atoms with Crippen LogP contribution >= 0.6 is 0 Å². The lowest BCUT2D eigenvalue weighted by Gasteiger charge is -2.11. The second-order valence-electron chi connectivity index (χ2n) is 4.82. The van der Waals surface area contributed by atoms with E-state index in [1.807, 2.05) is 32.0 Å². The van der Waals surface area contributed by atoms with E-state index in [1.54, 1.807) is 12.1 Å². The van der Waals surface area contributed by atoms with E-state index in [9.17, 15) is 9.18 Å². The zero-order valence-electron chi connectivity index (χ0n) is 12.2. The summed E-state index contributed by atoms with van der Waals surface area (Å²) in [6.07, 6.45) is 0.168. The number of rotatable bonds is 5. The lowest BCUT2D eigenvalue weighted by atomic mass is 10.1. The van der Waals surface area contributed by atoms with Gasteiger partial charge in [0, 0.05) is 5.69 Å². The fourth-order valence-corrected chi connectivity index (χ4v) is 1.91. The average Bonchev–Trinajstić information content (AvgIpc) is 2.46. The van der Waals surface area contributed by atoms with E-state index in [1.165, 1.54) is 12.1 Å². The van der Waals surface area contributed by atoms with Crippen LogP contribution in [0.2, 0.25) is 0 Å².